The number of carbonyl (C=O) groups is 1. The van der Waals surface area contributed by atoms with Crippen molar-refractivity contribution in [2.75, 3.05) is 7.05 Å². The van der Waals surface area contributed by atoms with Crippen molar-refractivity contribution in [3.8, 4) is 0 Å². The van der Waals surface area contributed by atoms with Crippen LogP contribution in [0.25, 0.3) is 0 Å². The fourth-order valence-electron chi connectivity index (χ4n) is 2.83. The Kier molecular flexibility index (Phi) is 6.55. The first-order chi connectivity index (χ1) is 13.5. The monoisotopic (exact) mass is 377 g/mol. The third kappa shape index (κ3) is 5.50. The van der Waals surface area contributed by atoms with Crippen LogP contribution in [0.2, 0.25) is 0 Å². The second-order valence-corrected chi connectivity index (χ2v) is 7.30. The van der Waals surface area contributed by atoms with E-state index in [1.165, 1.54) is 5.56 Å². The lowest BCUT2D eigenvalue weighted by Crippen LogP contribution is -2.26. The lowest BCUT2D eigenvalue weighted by Gasteiger charge is -2.21. The van der Waals surface area contributed by atoms with Gasteiger partial charge in [0.05, 0.1) is 12.7 Å². The van der Waals surface area contributed by atoms with E-state index in [1.807, 2.05) is 42.5 Å². The van der Waals surface area contributed by atoms with Gasteiger partial charge in [-0.05, 0) is 37.6 Å². The van der Waals surface area contributed by atoms with Crippen molar-refractivity contribution >= 4 is 5.91 Å². The number of aromatic nitrogens is 3. The molecule has 6 nitrogen and oxygen atoms in total. The Morgan fingerprint density at radius 3 is 2.54 bits per heavy atom. The second-order valence-electron chi connectivity index (χ2n) is 7.30. The molecule has 3 rings (SSSR count). The van der Waals surface area contributed by atoms with Crippen molar-refractivity contribution < 1.29 is 4.79 Å². The molecule has 6 heteroatoms. The zero-order valence-corrected chi connectivity index (χ0v) is 16.7. The van der Waals surface area contributed by atoms with Gasteiger partial charge >= 0.3 is 0 Å². The van der Waals surface area contributed by atoms with E-state index < -0.39 is 0 Å². The maximum Gasteiger partial charge on any atom is 0.273 e. The highest BCUT2D eigenvalue weighted by molar-refractivity contribution is 5.91. The van der Waals surface area contributed by atoms with Gasteiger partial charge in [0.25, 0.3) is 5.91 Å². The molecule has 0 saturated heterocycles. The summed E-state index contributed by atoms with van der Waals surface area (Å²) >= 11 is 0. The molecule has 0 aliphatic heterocycles. The molecular weight excluding hydrogens is 350 g/mol. The highest BCUT2D eigenvalue weighted by Gasteiger charge is 2.11. The molecule has 0 fully saturated rings. The summed E-state index contributed by atoms with van der Waals surface area (Å²) in [6, 6.07) is 18.7. The zero-order chi connectivity index (χ0) is 19.9. The van der Waals surface area contributed by atoms with Crippen LogP contribution < -0.4 is 5.32 Å². The molecule has 1 aromatic heterocycles. The van der Waals surface area contributed by atoms with Gasteiger partial charge in [-0.2, -0.15) is 0 Å². The summed E-state index contributed by atoms with van der Waals surface area (Å²) < 4.78 is 1.67. The number of nitrogens with one attached hydrogen (secondary N) is 1. The van der Waals surface area contributed by atoms with Gasteiger partial charge in [0, 0.05) is 19.1 Å². The smallest absolute Gasteiger partial charge is 0.273 e. The normalized spacial score (nSPS) is 11.2. The predicted octanol–water partition coefficient (Wildman–Crippen LogP) is 3.10. The first-order valence-corrected chi connectivity index (χ1v) is 9.51. The maximum absolute atomic E-state index is 12.4. The minimum Gasteiger partial charge on any atom is -0.347 e. The zero-order valence-electron chi connectivity index (χ0n) is 16.7. The van der Waals surface area contributed by atoms with Crippen LogP contribution in [0.1, 0.15) is 41.0 Å². The fraction of sp³-hybridized carbons (Fsp3) is 0.318. The van der Waals surface area contributed by atoms with Gasteiger partial charge in [0.15, 0.2) is 5.69 Å². The van der Waals surface area contributed by atoms with E-state index in [0.29, 0.717) is 24.8 Å². The van der Waals surface area contributed by atoms with Crippen LogP contribution in [0.3, 0.4) is 0 Å². The number of hydrogen-bond acceptors (Lipinski definition) is 4. The summed E-state index contributed by atoms with van der Waals surface area (Å²) in [7, 11) is 2.11. The van der Waals surface area contributed by atoms with E-state index in [2.05, 4.69) is 53.6 Å². The molecule has 0 spiro atoms. The number of carbonyl (C=O) groups excluding carboxylic acids is 1. The van der Waals surface area contributed by atoms with E-state index >= 15 is 0 Å². The highest BCUT2D eigenvalue weighted by Crippen LogP contribution is 2.10. The number of amides is 1. The summed E-state index contributed by atoms with van der Waals surface area (Å²) in [6.45, 7) is 6.29. The minimum absolute atomic E-state index is 0.219. The SMILES string of the molecule is CC(C)N(C)Cc1cccc(CNC(=O)c2cn(Cc3ccccc3)nn2)c1. The first kappa shape index (κ1) is 19.8. The van der Waals surface area contributed by atoms with E-state index in [9.17, 15) is 4.79 Å². The number of rotatable bonds is 8. The Morgan fingerprint density at radius 1 is 1.07 bits per heavy atom. The van der Waals surface area contributed by atoms with Crippen molar-refractivity contribution in [1.29, 1.82) is 0 Å². The fourth-order valence-corrected chi connectivity index (χ4v) is 2.83. The molecule has 1 amide bonds. The molecule has 2 aromatic carbocycles. The summed E-state index contributed by atoms with van der Waals surface area (Å²) in [5.74, 6) is -0.219. The van der Waals surface area contributed by atoms with Crippen LogP contribution in [-0.4, -0.2) is 38.9 Å². The Balaban J connectivity index is 1.56. The van der Waals surface area contributed by atoms with Gasteiger partial charge in [0.2, 0.25) is 0 Å². The summed E-state index contributed by atoms with van der Waals surface area (Å²) in [5, 5.41) is 11.0. The summed E-state index contributed by atoms with van der Waals surface area (Å²) in [6.07, 6.45) is 1.68. The molecule has 0 aliphatic rings. The largest absolute Gasteiger partial charge is 0.347 e. The van der Waals surface area contributed by atoms with Crippen LogP contribution in [0.5, 0.6) is 0 Å². The standard InChI is InChI=1S/C22H27N5O/c1-17(2)26(3)14-20-11-7-10-19(12-20)13-23-22(28)21-16-27(25-24-21)15-18-8-5-4-6-9-18/h4-12,16-17H,13-15H2,1-3H3,(H,23,28). The first-order valence-electron chi connectivity index (χ1n) is 9.51. The molecular formula is C22H27N5O. The minimum atomic E-state index is -0.219. The topological polar surface area (TPSA) is 63.1 Å². The van der Waals surface area contributed by atoms with Crippen molar-refractivity contribution in [2.24, 2.45) is 0 Å². The molecule has 1 heterocycles. The van der Waals surface area contributed by atoms with Gasteiger partial charge in [-0.25, -0.2) is 4.68 Å². The molecule has 1 N–H and O–H groups in total. The molecule has 0 bridgehead atoms. The van der Waals surface area contributed by atoms with Crippen LogP contribution in [-0.2, 0) is 19.6 Å². The third-order valence-corrected chi connectivity index (χ3v) is 4.72. The van der Waals surface area contributed by atoms with Crippen molar-refractivity contribution in [3.05, 3.63) is 83.2 Å². The second kappa shape index (κ2) is 9.28. The van der Waals surface area contributed by atoms with Gasteiger partial charge in [0.1, 0.15) is 0 Å². The molecule has 0 saturated carbocycles. The molecule has 0 aliphatic carbocycles. The Bertz CT molecular complexity index is 904. The predicted molar refractivity (Wildman–Crippen MR) is 110 cm³/mol. The lowest BCUT2D eigenvalue weighted by molar-refractivity contribution is 0.0946. The molecule has 28 heavy (non-hydrogen) atoms. The van der Waals surface area contributed by atoms with Crippen LogP contribution in [0.4, 0.5) is 0 Å². The average Bonchev–Trinajstić information content (AvgIpc) is 3.15. The van der Waals surface area contributed by atoms with E-state index in [1.54, 1.807) is 10.9 Å². The Morgan fingerprint density at radius 2 is 1.79 bits per heavy atom. The third-order valence-electron chi connectivity index (χ3n) is 4.72. The highest BCUT2D eigenvalue weighted by atomic mass is 16.2. The van der Waals surface area contributed by atoms with Crippen LogP contribution in [0.15, 0.2) is 60.8 Å². The van der Waals surface area contributed by atoms with E-state index in [4.69, 9.17) is 0 Å². The molecule has 3 aromatic rings. The van der Waals surface area contributed by atoms with Crippen molar-refractivity contribution in [1.82, 2.24) is 25.2 Å². The number of nitrogens with zero attached hydrogens (tertiary/aromatic N) is 4. The van der Waals surface area contributed by atoms with Gasteiger partial charge in [-0.1, -0.05) is 59.8 Å². The van der Waals surface area contributed by atoms with Gasteiger partial charge in [-0.3, -0.25) is 9.69 Å². The molecule has 0 unspecified atom stereocenters. The van der Waals surface area contributed by atoms with Crippen LogP contribution in [0, 0.1) is 0 Å². The summed E-state index contributed by atoms with van der Waals surface area (Å²) in [5.41, 5.74) is 3.74. The quantitative estimate of drug-likeness (QED) is 0.655. The summed E-state index contributed by atoms with van der Waals surface area (Å²) in [4.78, 5) is 14.7. The molecule has 0 atom stereocenters. The van der Waals surface area contributed by atoms with Crippen molar-refractivity contribution in [2.45, 2.75) is 39.5 Å². The van der Waals surface area contributed by atoms with Crippen molar-refractivity contribution in [3.63, 3.8) is 0 Å². The Labute approximate surface area is 166 Å². The average molecular weight is 377 g/mol. The molecule has 0 radical (unpaired) electrons. The Hall–Kier alpha value is -2.99. The van der Waals surface area contributed by atoms with Gasteiger partial charge in [-0.15, -0.1) is 5.10 Å². The van der Waals surface area contributed by atoms with Crippen LogP contribution >= 0.6 is 0 Å². The lowest BCUT2D eigenvalue weighted by atomic mass is 10.1. The van der Waals surface area contributed by atoms with E-state index in [-0.39, 0.29) is 5.91 Å². The number of hydrogen-bond donors (Lipinski definition) is 1. The number of benzene rings is 2. The molecule has 146 valence electrons. The van der Waals surface area contributed by atoms with E-state index in [0.717, 1.165) is 17.7 Å². The maximum atomic E-state index is 12.4. The van der Waals surface area contributed by atoms with Gasteiger partial charge < -0.3 is 5.32 Å².